The van der Waals surface area contributed by atoms with E-state index >= 15 is 0 Å². The molecule has 28 heavy (non-hydrogen) atoms. The molecule has 3 heterocycles. The highest BCUT2D eigenvalue weighted by Crippen LogP contribution is 2.28. The summed E-state index contributed by atoms with van der Waals surface area (Å²) in [6, 6.07) is 5.39. The summed E-state index contributed by atoms with van der Waals surface area (Å²) < 4.78 is 6.80. The van der Waals surface area contributed by atoms with E-state index in [2.05, 4.69) is 0 Å². The Bertz CT molecular complexity index is 870. The van der Waals surface area contributed by atoms with Crippen molar-refractivity contribution >= 4 is 17.4 Å². The zero-order valence-electron chi connectivity index (χ0n) is 16.6. The van der Waals surface area contributed by atoms with Crippen LogP contribution in [0, 0.1) is 6.92 Å². The molecule has 0 spiro atoms. The van der Waals surface area contributed by atoms with Gasteiger partial charge in [0.05, 0.1) is 37.7 Å². The highest BCUT2D eigenvalue weighted by Gasteiger charge is 2.36. The van der Waals surface area contributed by atoms with E-state index in [9.17, 15) is 14.7 Å². The van der Waals surface area contributed by atoms with Crippen molar-refractivity contribution in [3.8, 4) is 5.75 Å². The van der Waals surface area contributed by atoms with Gasteiger partial charge in [0, 0.05) is 12.2 Å². The average Bonchev–Trinajstić information content (AvgIpc) is 3.20. The van der Waals surface area contributed by atoms with Gasteiger partial charge in [0.1, 0.15) is 11.3 Å². The summed E-state index contributed by atoms with van der Waals surface area (Å²) in [7, 11) is 0. The molecule has 152 valence electrons. The summed E-state index contributed by atoms with van der Waals surface area (Å²) in [4.78, 5) is 29.1. The molecule has 0 radical (unpaired) electrons. The molecular weight excluding hydrogens is 378 g/mol. The second-order valence-corrected chi connectivity index (χ2v) is 7.91. The fourth-order valence-corrected chi connectivity index (χ4v) is 4.81. The Balaban J connectivity index is 1.96. The van der Waals surface area contributed by atoms with Crippen molar-refractivity contribution in [2.75, 3.05) is 32.8 Å². The molecular formula is C20H28N3O4S+. The second-order valence-electron chi connectivity index (χ2n) is 6.93. The largest absolute Gasteiger partial charge is 0.507 e. The normalized spacial score (nSPS) is 16.2. The lowest BCUT2D eigenvalue weighted by atomic mass is 10.0. The van der Waals surface area contributed by atoms with Crippen LogP contribution in [0.2, 0.25) is 0 Å². The Morgan fingerprint density at radius 3 is 2.64 bits per heavy atom. The number of thiophene rings is 1. The number of nitrogens with one attached hydrogen (secondary N) is 1. The third kappa shape index (κ3) is 3.93. The van der Waals surface area contributed by atoms with Crippen LogP contribution in [0.1, 0.15) is 36.0 Å². The summed E-state index contributed by atoms with van der Waals surface area (Å²) in [5, 5.41) is 12.7. The average molecular weight is 407 g/mol. The molecule has 0 aromatic carbocycles. The summed E-state index contributed by atoms with van der Waals surface area (Å²) in [5.41, 5.74) is 1.05. The first-order chi connectivity index (χ1) is 13.5. The molecule has 1 fully saturated rings. The van der Waals surface area contributed by atoms with Crippen LogP contribution in [0.25, 0.3) is 0 Å². The van der Waals surface area contributed by atoms with Gasteiger partial charge in [0.25, 0.3) is 5.56 Å². The molecule has 1 aliphatic rings. The number of carbonyl (C=O) groups excluding carboxylic acids is 1. The number of quaternary nitrogens is 1. The molecule has 2 aromatic rings. The standard InChI is InChI=1S/C20H27N3O4S/c1-4-23-14(3)13-15(24)17(19(23)25)18(16-7-6-12-28-16)21-8-10-22(11-9-21)20(26)27-5-2/h6-7,12-13,18,24H,4-5,8-11H2,1-3H3/p+1/t18-/m0/s1. The van der Waals surface area contributed by atoms with Crippen molar-refractivity contribution in [3.05, 3.63) is 50.1 Å². The Labute approximate surface area is 168 Å². The number of nitrogens with zero attached hydrogens (tertiary/aromatic N) is 2. The molecule has 0 aliphatic carbocycles. The lowest BCUT2D eigenvalue weighted by Crippen LogP contribution is -3.15. The number of carbonyl (C=O) groups is 1. The molecule has 1 aliphatic heterocycles. The summed E-state index contributed by atoms with van der Waals surface area (Å²) >= 11 is 1.58. The van der Waals surface area contributed by atoms with E-state index in [1.165, 1.54) is 4.90 Å². The third-order valence-electron chi connectivity index (χ3n) is 5.30. The predicted octanol–water partition coefficient (Wildman–Crippen LogP) is 1.39. The Morgan fingerprint density at radius 1 is 1.36 bits per heavy atom. The quantitative estimate of drug-likeness (QED) is 0.787. The van der Waals surface area contributed by atoms with Crippen LogP contribution in [-0.2, 0) is 11.3 Å². The van der Waals surface area contributed by atoms with Gasteiger partial charge in [-0.15, -0.1) is 11.3 Å². The molecule has 2 N–H and O–H groups in total. The number of aromatic nitrogens is 1. The first-order valence-corrected chi connectivity index (χ1v) is 10.6. The molecule has 8 heteroatoms. The van der Waals surface area contributed by atoms with E-state index in [0.717, 1.165) is 10.6 Å². The fraction of sp³-hybridized carbons (Fsp3) is 0.500. The van der Waals surface area contributed by atoms with Gasteiger partial charge >= 0.3 is 6.09 Å². The van der Waals surface area contributed by atoms with Crippen LogP contribution in [0.3, 0.4) is 0 Å². The molecule has 0 bridgehead atoms. The van der Waals surface area contributed by atoms with E-state index < -0.39 is 0 Å². The van der Waals surface area contributed by atoms with Crippen molar-refractivity contribution in [3.63, 3.8) is 0 Å². The van der Waals surface area contributed by atoms with Crippen molar-refractivity contribution in [1.82, 2.24) is 9.47 Å². The van der Waals surface area contributed by atoms with Crippen molar-refractivity contribution in [2.24, 2.45) is 0 Å². The van der Waals surface area contributed by atoms with Crippen LogP contribution < -0.4 is 10.5 Å². The monoisotopic (exact) mass is 406 g/mol. The third-order valence-corrected chi connectivity index (χ3v) is 6.23. The van der Waals surface area contributed by atoms with Gasteiger partial charge < -0.3 is 19.3 Å². The number of aromatic hydroxyl groups is 1. The number of piperazine rings is 1. The van der Waals surface area contributed by atoms with Crippen molar-refractivity contribution in [2.45, 2.75) is 33.4 Å². The number of aryl methyl sites for hydroxylation is 1. The van der Waals surface area contributed by atoms with Crippen LogP contribution in [-0.4, -0.2) is 53.5 Å². The van der Waals surface area contributed by atoms with Gasteiger partial charge in [-0.3, -0.25) is 9.69 Å². The number of ether oxygens (including phenoxy) is 1. The predicted molar refractivity (Wildman–Crippen MR) is 108 cm³/mol. The topological polar surface area (TPSA) is 76.2 Å². The molecule has 0 unspecified atom stereocenters. The minimum absolute atomic E-state index is 0.0472. The molecule has 7 nitrogen and oxygen atoms in total. The van der Waals surface area contributed by atoms with Crippen LogP contribution in [0.4, 0.5) is 4.79 Å². The number of rotatable bonds is 5. The van der Waals surface area contributed by atoms with Gasteiger partial charge in [-0.2, -0.15) is 0 Å². The zero-order valence-corrected chi connectivity index (χ0v) is 17.4. The Kier molecular flexibility index (Phi) is 6.41. The zero-order chi connectivity index (χ0) is 20.3. The molecule has 1 amide bonds. The summed E-state index contributed by atoms with van der Waals surface area (Å²) in [6.45, 7) is 8.96. The number of hydrogen-bond acceptors (Lipinski definition) is 5. The van der Waals surface area contributed by atoms with Crippen molar-refractivity contribution < 1.29 is 19.5 Å². The smallest absolute Gasteiger partial charge is 0.410 e. The lowest BCUT2D eigenvalue weighted by molar-refractivity contribution is -0.929. The van der Waals surface area contributed by atoms with Crippen LogP contribution >= 0.6 is 11.3 Å². The highest BCUT2D eigenvalue weighted by molar-refractivity contribution is 7.10. The summed E-state index contributed by atoms with van der Waals surface area (Å²) in [6.07, 6.45) is -0.291. The van der Waals surface area contributed by atoms with E-state index in [1.54, 1.807) is 33.8 Å². The maximum absolute atomic E-state index is 13.2. The minimum atomic E-state index is -0.291. The van der Waals surface area contributed by atoms with E-state index in [0.29, 0.717) is 44.9 Å². The number of pyridine rings is 1. The fourth-order valence-electron chi connectivity index (χ4n) is 3.92. The lowest BCUT2D eigenvalue weighted by Gasteiger charge is -2.36. The number of amides is 1. The first kappa shape index (κ1) is 20.4. The van der Waals surface area contributed by atoms with Crippen LogP contribution in [0.5, 0.6) is 5.75 Å². The van der Waals surface area contributed by atoms with E-state index in [1.807, 2.05) is 31.4 Å². The van der Waals surface area contributed by atoms with Gasteiger partial charge in [-0.25, -0.2) is 4.79 Å². The minimum Gasteiger partial charge on any atom is -0.507 e. The van der Waals surface area contributed by atoms with Crippen molar-refractivity contribution in [1.29, 1.82) is 0 Å². The second kappa shape index (κ2) is 8.79. The Morgan fingerprint density at radius 2 is 2.07 bits per heavy atom. The number of hydrogen-bond donors (Lipinski definition) is 2. The van der Waals surface area contributed by atoms with E-state index in [4.69, 9.17) is 4.74 Å². The van der Waals surface area contributed by atoms with Gasteiger partial charge in [-0.05, 0) is 38.3 Å². The summed E-state index contributed by atoms with van der Waals surface area (Å²) in [5.74, 6) is 0.0472. The SMILES string of the molecule is CCOC(=O)N1CC[NH+]([C@@H](c2cccs2)c2c(O)cc(C)n(CC)c2=O)CC1. The van der Waals surface area contributed by atoms with E-state index in [-0.39, 0.29) is 23.4 Å². The van der Waals surface area contributed by atoms with Gasteiger partial charge in [0.2, 0.25) is 0 Å². The van der Waals surface area contributed by atoms with Gasteiger partial charge in [-0.1, -0.05) is 6.07 Å². The Hall–Kier alpha value is -2.32. The molecule has 1 saturated heterocycles. The first-order valence-electron chi connectivity index (χ1n) is 9.70. The maximum Gasteiger partial charge on any atom is 0.410 e. The molecule has 3 rings (SSSR count). The van der Waals surface area contributed by atoms with Gasteiger partial charge in [0.15, 0.2) is 6.04 Å². The maximum atomic E-state index is 13.2. The molecule has 0 saturated carbocycles. The molecule has 1 atom stereocenters. The molecule has 2 aromatic heterocycles. The highest BCUT2D eigenvalue weighted by atomic mass is 32.1. The van der Waals surface area contributed by atoms with Crippen LogP contribution in [0.15, 0.2) is 28.4 Å².